The fourth-order valence-corrected chi connectivity index (χ4v) is 1.72. The van der Waals surface area contributed by atoms with Crippen LogP contribution in [-0.2, 0) is 4.79 Å². The first-order chi connectivity index (χ1) is 7.90. The molecule has 0 saturated heterocycles. The number of rotatable bonds is 6. The lowest BCUT2D eigenvalue weighted by Crippen LogP contribution is -2.47. The minimum absolute atomic E-state index is 0.241. The molecule has 5 heteroatoms. The Bertz CT molecular complexity index is 287. The molecule has 1 aliphatic carbocycles. The first kappa shape index (κ1) is 13.8. The van der Waals surface area contributed by atoms with Crippen LogP contribution < -0.4 is 5.32 Å². The van der Waals surface area contributed by atoms with Crippen molar-refractivity contribution in [1.82, 2.24) is 10.2 Å². The number of carboxylic acids is 1. The summed E-state index contributed by atoms with van der Waals surface area (Å²) in [5.41, 5.74) is 0. The standard InChI is InChI=1S/C12H22N2O3/c1-8(2)6-10(11(15)16)13-12(17)14(3)7-9-4-5-9/h8-10H,4-7H2,1-3H3,(H,13,17)(H,15,16)/t10-/m1/s1. The highest BCUT2D eigenvalue weighted by Crippen LogP contribution is 2.29. The van der Waals surface area contributed by atoms with Crippen molar-refractivity contribution in [2.75, 3.05) is 13.6 Å². The second-order valence-electron chi connectivity index (χ2n) is 5.29. The maximum Gasteiger partial charge on any atom is 0.326 e. The predicted molar refractivity (Wildman–Crippen MR) is 64.8 cm³/mol. The van der Waals surface area contributed by atoms with Crippen molar-refractivity contribution in [2.24, 2.45) is 11.8 Å². The third-order valence-corrected chi connectivity index (χ3v) is 2.88. The average Bonchev–Trinajstić information content (AvgIpc) is 2.99. The number of carboxylic acid groups (broad SMARTS) is 1. The molecule has 2 N–H and O–H groups in total. The lowest BCUT2D eigenvalue weighted by atomic mass is 10.0. The number of amides is 2. The first-order valence-electron chi connectivity index (χ1n) is 6.14. The number of carbonyl (C=O) groups excluding carboxylic acids is 1. The van der Waals surface area contributed by atoms with Crippen molar-refractivity contribution < 1.29 is 14.7 Å². The van der Waals surface area contributed by atoms with Crippen molar-refractivity contribution in [3.8, 4) is 0 Å². The molecule has 1 rings (SSSR count). The largest absolute Gasteiger partial charge is 0.480 e. The smallest absolute Gasteiger partial charge is 0.326 e. The molecule has 1 saturated carbocycles. The second-order valence-corrected chi connectivity index (χ2v) is 5.29. The van der Waals surface area contributed by atoms with Gasteiger partial charge in [0.25, 0.3) is 0 Å². The summed E-state index contributed by atoms with van der Waals surface area (Å²) in [5.74, 6) is -0.115. The molecule has 0 bridgehead atoms. The molecule has 1 atom stereocenters. The Morgan fingerprint density at radius 2 is 2.00 bits per heavy atom. The summed E-state index contributed by atoms with van der Waals surface area (Å²) in [6, 6.07) is -1.07. The van der Waals surface area contributed by atoms with E-state index in [0.717, 1.165) is 6.54 Å². The van der Waals surface area contributed by atoms with Crippen LogP contribution in [0.4, 0.5) is 4.79 Å². The number of nitrogens with zero attached hydrogens (tertiary/aromatic N) is 1. The summed E-state index contributed by atoms with van der Waals surface area (Å²) in [6.07, 6.45) is 2.80. The van der Waals surface area contributed by atoms with Crippen LogP contribution in [0, 0.1) is 11.8 Å². The van der Waals surface area contributed by atoms with E-state index in [0.29, 0.717) is 12.3 Å². The zero-order chi connectivity index (χ0) is 13.0. The second kappa shape index (κ2) is 5.89. The fraction of sp³-hybridized carbons (Fsp3) is 0.833. The highest BCUT2D eigenvalue weighted by Gasteiger charge is 2.27. The highest BCUT2D eigenvalue weighted by atomic mass is 16.4. The molecule has 0 unspecified atom stereocenters. The van der Waals surface area contributed by atoms with Gasteiger partial charge in [0.15, 0.2) is 0 Å². The van der Waals surface area contributed by atoms with Gasteiger partial charge in [0.05, 0.1) is 0 Å². The van der Waals surface area contributed by atoms with Gasteiger partial charge >= 0.3 is 12.0 Å². The Balaban J connectivity index is 2.41. The molecule has 0 aliphatic heterocycles. The van der Waals surface area contributed by atoms with Crippen LogP contribution in [-0.4, -0.2) is 41.6 Å². The number of urea groups is 1. The van der Waals surface area contributed by atoms with Gasteiger partial charge in [-0.2, -0.15) is 0 Å². The third-order valence-electron chi connectivity index (χ3n) is 2.88. The molecule has 2 amide bonds. The minimum Gasteiger partial charge on any atom is -0.480 e. The van der Waals surface area contributed by atoms with Crippen molar-refractivity contribution >= 4 is 12.0 Å². The van der Waals surface area contributed by atoms with Crippen LogP contribution in [0.15, 0.2) is 0 Å². The Labute approximate surface area is 102 Å². The molecule has 0 aromatic carbocycles. The normalized spacial score (nSPS) is 16.7. The Morgan fingerprint density at radius 3 is 2.41 bits per heavy atom. The summed E-state index contributed by atoms with van der Waals surface area (Å²) >= 11 is 0. The quantitative estimate of drug-likeness (QED) is 0.742. The van der Waals surface area contributed by atoms with Gasteiger partial charge in [-0.05, 0) is 31.1 Å². The summed E-state index contributed by atoms with van der Waals surface area (Å²) in [4.78, 5) is 24.3. The van der Waals surface area contributed by atoms with E-state index < -0.39 is 12.0 Å². The van der Waals surface area contributed by atoms with Crippen molar-refractivity contribution in [2.45, 2.75) is 39.2 Å². The topological polar surface area (TPSA) is 69.6 Å². The summed E-state index contributed by atoms with van der Waals surface area (Å²) in [6.45, 7) is 4.60. The van der Waals surface area contributed by atoms with Crippen LogP contribution in [0.5, 0.6) is 0 Å². The van der Waals surface area contributed by atoms with E-state index in [1.807, 2.05) is 13.8 Å². The van der Waals surface area contributed by atoms with E-state index in [4.69, 9.17) is 5.11 Å². The van der Waals surface area contributed by atoms with E-state index >= 15 is 0 Å². The molecule has 0 aromatic heterocycles. The van der Waals surface area contributed by atoms with E-state index in [-0.39, 0.29) is 11.9 Å². The molecule has 98 valence electrons. The molecule has 1 fully saturated rings. The van der Waals surface area contributed by atoms with Gasteiger partial charge in [-0.25, -0.2) is 9.59 Å². The number of nitrogens with one attached hydrogen (secondary N) is 1. The van der Waals surface area contributed by atoms with Crippen LogP contribution in [0.25, 0.3) is 0 Å². The zero-order valence-electron chi connectivity index (χ0n) is 10.8. The van der Waals surface area contributed by atoms with Crippen LogP contribution in [0.2, 0.25) is 0 Å². The molecule has 17 heavy (non-hydrogen) atoms. The fourth-order valence-electron chi connectivity index (χ4n) is 1.72. The molecule has 0 radical (unpaired) electrons. The summed E-state index contributed by atoms with van der Waals surface area (Å²) in [7, 11) is 1.71. The maximum absolute atomic E-state index is 11.8. The Kier molecular flexibility index (Phi) is 4.78. The summed E-state index contributed by atoms with van der Waals surface area (Å²) in [5, 5.41) is 11.6. The minimum atomic E-state index is -0.966. The molecule has 0 aromatic rings. The van der Waals surface area contributed by atoms with Gasteiger partial charge in [0.2, 0.25) is 0 Å². The molecular weight excluding hydrogens is 220 g/mol. The van der Waals surface area contributed by atoms with Crippen molar-refractivity contribution in [1.29, 1.82) is 0 Å². The van der Waals surface area contributed by atoms with Gasteiger partial charge in [-0.1, -0.05) is 13.8 Å². The number of hydrogen-bond donors (Lipinski definition) is 2. The van der Waals surface area contributed by atoms with Crippen molar-refractivity contribution in [3.05, 3.63) is 0 Å². The van der Waals surface area contributed by atoms with E-state index in [9.17, 15) is 9.59 Å². The molecule has 0 heterocycles. The van der Waals surface area contributed by atoms with Gasteiger partial charge < -0.3 is 15.3 Å². The average molecular weight is 242 g/mol. The highest BCUT2D eigenvalue weighted by molar-refractivity contribution is 5.82. The monoisotopic (exact) mass is 242 g/mol. The molecule has 5 nitrogen and oxygen atoms in total. The van der Waals surface area contributed by atoms with Crippen LogP contribution in [0.1, 0.15) is 33.1 Å². The first-order valence-corrected chi connectivity index (χ1v) is 6.14. The van der Waals surface area contributed by atoms with Gasteiger partial charge in [-0.15, -0.1) is 0 Å². The number of aliphatic carboxylic acids is 1. The SMILES string of the molecule is CC(C)C[C@@H](NC(=O)N(C)CC1CC1)C(=O)O. The van der Waals surface area contributed by atoms with Crippen LogP contribution >= 0.6 is 0 Å². The van der Waals surface area contributed by atoms with E-state index in [1.54, 1.807) is 11.9 Å². The van der Waals surface area contributed by atoms with Gasteiger partial charge in [0, 0.05) is 13.6 Å². The van der Waals surface area contributed by atoms with E-state index in [1.165, 1.54) is 12.8 Å². The lowest BCUT2D eigenvalue weighted by Gasteiger charge is -2.22. The molecule has 0 spiro atoms. The Morgan fingerprint density at radius 1 is 1.41 bits per heavy atom. The number of hydrogen-bond acceptors (Lipinski definition) is 2. The van der Waals surface area contributed by atoms with Gasteiger partial charge in [0.1, 0.15) is 6.04 Å². The zero-order valence-corrected chi connectivity index (χ0v) is 10.8. The third kappa shape index (κ3) is 5.06. The summed E-state index contributed by atoms with van der Waals surface area (Å²) < 4.78 is 0. The van der Waals surface area contributed by atoms with Gasteiger partial charge in [-0.3, -0.25) is 0 Å². The van der Waals surface area contributed by atoms with E-state index in [2.05, 4.69) is 5.32 Å². The van der Waals surface area contributed by atoms with Crippen molar-refractivity contribution in [3.63, 3.8) is 0 Å². The predicted octanol–water partition coefficient (Wildman–Crippen LogP) is 1.54. The molecule has 1 aliphatic rings. The Hall–Kier alpha value is -1.26. The number of carbonyl (C=O) groups is 2. The lowest BCUT2D eigenvalue weighted by molar-refractivity contribution is -0.139. The van der Waals surface area contributed by atoms with Crippen LogP contribution in [0.3, 0.4) is 0 Å². The molecular formula is C12H22N2O3. The maximum atomic E-state index is 11.8.